The fourth-order valence-corrected chi connectivity index (χ4v) is 2.81. The zero-order valence-corrected chi connectivity index (χ0v) is 12.2. The predicted octanol–water partition coefficient (Wildman–Crippen LogP) is 3.47. The first kappa shape index (κ1) is 13.7. The topological polar surface area (TPSA) is 41.1 Å². The summed E-state index contributed by atoms with van der Waals surface area (Å²) in [6, 6.07) is 16.2. The van der Waals surface area contributed by atoms with Crippen LogP contribution in [0.5, 0.6) is 0 Å². The Morgan fingerprint density at radius 3 is 2.81 bits per heavy atom. The molecule has 0 fully saturated rings. The van der Waals surface area contributed by atoms with Crippen molar-refractivity contribution in [1.29, 1.82) is 0 Å². The van der Waals surface area contributed by atoms with Gasteiger partial charge in [-0.05, 0) is 36.1 Å². The molecule has 1 heterocycles. The van der Waals surface area contributed by atoms with E-state index in [1.807, 2.05) is 30.3 Å². The molecule has 0 aromatic heterocycles. The molecule has 108 valence electrons. The fraction of sp³-hybridized carbons (Fsp3) is 0.278. The Morgan fingerprint density at radius 1 is 1.19 bits per heavy atom. The maximum Gasteiger partial charge on any atom is 0.229 e. The van der Waals surface area contributed by atoms with Crippen molar-refractivity contribution in [3.63, 3.8) is 0 Å². The van der Waals surface area contributed by atoms with E-state index in [2.05, 4.69) is 35.8 Å². The second kappa shape index (κ2) is 6.00. The van der Waals surface area contributed by atoms with Gasteiger partial charge in [0.1, 0.15) is 0 Å². The zero-order chi connectivity index (χ0) is 14.7. The zero-order valence-electron chi connectivity index (χ0n) is 12.2. The van der Waals surface area contributed by atoms with Crippen molar-refractivity contribution >= 4 is 17.3 Å². The van der Waals surface area contributed by atoms with Gasteiger partial charge in [-0.1, -0.05) is 43.3 Å². The number of amides is 1. The lowest BCUT2D eigenvalue weighted by atomic mass is 9.93. The van der Waals surface area contributed by atoms with E-state index in [-0.39, 0.29) is 11.8 Å². The highest BCUT2D eigenvalue weighted by Crippen LogP contribution is 2.25. The molecule has 1 aliphatic rings. The third-order valence-electron chi connectivity index (χ3n) is 4.05. The van der Waals surface area contributed by atoms with E-state index in [1.165, 1.54) is 11.1 Å². The molecule has 0 aliphatic carbocycles. The average Bonchev–Trinajstić information content (AvgIpc) is 2.55. The van der Waals surface area contributed by atoms with Gasteiger partial charge in [0.15, 0.2) is 0 Å². The van der Waals surface area contributed by atoms with E-state index >= 15 is 0 Å². The predicted molar refractivity (Wildman–Crippen MR) is 86.6 cm³/mol. The minimum Gasteiger partial charge on any atom is -0.384 e. The summed E-state index contributed by atoms with van der Waals surface area (Å²) in [5.74, 6) is 0.0720. The van der Waals surface area contributed by atoms with Gasteiger partial charge in [-0.2, -0.15) is 0 Å². The molecule has 3 heteroatoms. The summed E-state index contributed by atoms with van der Waals surface area (Å²) in [6.07, 6.45) is 1.71. The van der Waals surface area contributed by atoms with E-state index < -0.39 is 0 Å². The van der Waals surface area contributed by atoms with Crippen LogP contribution in [0.4, 0.5) is 11.4 Å². The van der Waals surface area contributed by atoms with Gasteiger partial charge in [-0.3, -0.25) is 4.79 Å². The minimum absolute atomic E-state index is 0.0233. The molecule has 1 aliphatic heterocycles. The van der Waals surface area contributed by atoms with E-state index in [1.54, 1.807) is 0 Å². The van der Waals surface area contributed by atoms with Crippen molar-refractivity contribution in [2.45, 2.75) is 19.8 Å². The fourth-order valence-electron chi connectivity index (χ4n) is 2.81. The highest BCUT2D eigenvalue weighted by atomic mass is 16.1. The largest absolute Gasteiger partial charge is 0.384 e. The number of para-hydroxylation sites is 2. The third-order valence-corrected chi connectivity index (χ3v) is 4.05. The Labute approximate surface area is 125 Å². The number of benzene rings is 2. The quantitative estimate of drug-likeness (QED) is 0.904. The monoisotopic (exact) mass is 280 g/mol. The first-order chi connectivity index (χ1) is 10.3. The Morgan fingerprint density at radius 2 is 1.95 bits per heavy atom. The maximum absolute atomic E-state index is 12.5. The molecule has 0 saturated heterocycles. The second-order valence-electron chi connectivity index (χ2n) is 5.44. The smallest absolute Gasteiger partial charge is 0.229 e. The van der Waals surface area contributed by atoms with Crippen LogP contribution in [0.15, 0.2) is 48.5 Å². The normalized spacial score (nSPS) is 16.7. The number of aryl methyl sites for hydroxylation is 1. The van der Waals surface area contributed by atoms with Gasteiger partial charge in [0.2, 0.25) is 5.91 Å². The van der Waals surface area contributed by atoms with Gasteiger partial charge >= 0.3 is 0 Å². The molecular formula is C18H20N2O. The number of anilines is 2. The summed E-state index contributed by atoms with van der Waals surface area (Å²) in [5, 5.41) is 6.43. The summed E-state index contributed by atoms with van der Waals surface area (Å²) < 4.78 is 0. The van der Waals surface area contributed by atoms with Crippen molar-refractivity contribution in [3.8, 4) is 0 Å². The van der Waals surface area contributed by atoms with Crippen molar-refractivity contribution in [2.75, 3.05) is 17.2 Å². The summed E-state index contributed by atoms with van der Waals surface area (Å²) in [5.41, 5.74) is 4.47. The number of rotatable bonds is 3. The Bertz CT molecular complexity index is 651. The molecule has 0 spiro atoms. The van der Waals surface area contributed by atoms with E-state index in [9.17, 15) is 4.79 Å². The van der Waals surface area contributed by atoms with Crippen LogP contribution >= 0.6 is 0 Å². The van der Waals surface area contributed by atoms with Gasteiger partial charge in [0, 0.05) is 17.9 Å². The number of carbonyl (C=O) groups is 1. The lowest BCUT2D eigenvalue weighted by Crippen LogP contribution is -2.33. The molecular weight excluding hydrogens is 260 g/mol. The van der Waals surface area contributed by atoms with E-state index in [4.69, 9.17) is 0 Å². The summed E-state index contributed by atoms with van der Waals surface area (Å²) >= 11 is 0. The number of hydrogen-bond acceptors (Lipinski definition) is 2. The number of hydrogen-bond donors (Lipinski definition) is 2. The Kier molecular flexibility index (Phi) is 3.91. The molecule has 3 rings (SSSR count). The number of fused-ring (bicyclic) bond motifs is 1. The molecule has 2 N–H and O–H groups in total. The highest BCUT2D eigenvalue weighted by Gasteiger charge is 2.24. The van der Waals surface area contributed by atoms with Gasteiger partial charge in [0.05, 0.1) is 5.92 Å². The van der Waals surface area contributed by atoms with Gasteiger partial charge in [-0.25, -0.2) is 0 Å². The van der Waals surface area contributed by atoms with Crippen LogP contribution in [0, 0.1) is 5.92 Å². The van der Waals surface area contributed by atoms with Crippen LogP contribution in [0.1, 0.15) is 18.1 Å². The standard InChI is InChI=1S/C18H20N2O/c1-2-13-7-3-6-10-17(13)20-18(21)15-11-14-8-4-5-9-16(14)19-12-15/h3-10,15,19H,2,11-12H2,1H3,(H,20,21). The number of carbonyl (C=O) groups excluding carboxylic acids is 1. The van der Waals surface area contributed by atoms with Crippen LogP contribution in [0.2, 0.25) is 0 Å². The Hall–Kier alpha value is -2.29. The SMILES string of the molecule is CCc1ccccc1NC(=O)C1CNc2ccccc2C1. The first-order valence-electron chi connectivity index (χ1n) is 7.48. The summed E-state index contributed by atoms with van der Waals surface area (Å²) in [6.45, 7) is 2.79. The molecule has 21 heavy (non-hydrogen) atoms. The van der Waals surface area contributed by atoms with Crippen LogP contribution < -0.4 is 10.6 Å². The molecule has 2 aromatic carbocycles. The summed E-state index contributed by atoms with van der Waals surface area (Å²) in [7, 11) is 0. The molecule has 2 aromatic rings. The maximum atomic E-state index is 12.5. The van der Waals surface area contributed by atoms with Crippen LogP contribution in [0.25, 0.3) is 0 Å². The third kappa shape index (κ3) is 2.92. The molecule has 1 amide bonds. The number of nitrogens with one attached hydrogen (secondary N) is 2. The van der Waals surface area contributed by atoms with E-state index in [0.717, 1.165) is 24.2 Å². The van der Waals surface area contributed by atoms with Crippen molar-refractivity contribution < 1.29 is 4.79 Å². The van der Waals surface area contributed by atoms with Crippen LogP contribution in [-0.2, 0) is 17.6 Å². The van der Waals surface area contributed by atoms with Gasteiger partial charge in [-0.15, -0.1) is 0 Å². The van der Waals surface area contributed by atoms with Gasteiger partial charge < -0.3 is 10.6 Å². The van der Waals surface area contributed by atoms with Crippen molar-refractivity contribution in [3.05, 3.63) is 59.7 Å². The van der Waals surface area contributed by atoms with Gasteiger partial charge in [0.25, 0.3) is 0 Å². The lowest BCUT2D eigenvalue weighted by molar-refractivity contribution is -0.119. The molecule has 1 atom stereocenters. The first-order valence-corrected chi connectivity index (χ1v) is 7.48. The summed E-state index contributed by atoms with van der Waals surface area (Å²) in [4.78, 5) is 12.5. The average molecular weight is 280 g/mol. The molecule has 0 bridgehead atoms. The molecule has 1 unspecified atom stereocenters. The molecule has 0 radical (unpaired) electrons. The van der Waals surface area contributed by atoms with Crippen LogP contribution in [-0.4, -0.2) is 12.5 Å². The minimum atomic E-state index is -0.0233. The molecule has 0 saturated carbocycles. The van der Waals surface area contributed by atoms with Crippen molar-refractivity contribution in [2.24, 2.45) is 5.92 Å². The van der Waals surface area contributed by atoms with Crippen molar-refractivity contribution in [1.82, 2.24) is 0 Å². The van der Waals surface area contributed by atoms with Crippen LogP contribution in [0.3, 0.4) is 0 Å². The lowest BCUT2D eigenvalue weighted by Gasteiger charge is -2.25. The molecule has 3 nitrogen and oxygen atoms in total. The Balaban J connectivity index is 1.72. The van der Waals surface area contributed by atoms with E-state index in [0.29, 0.717) is 6.54 Å². The highest BCUT2D eigenvalue weighted by molar-refractivity contribution is 5.94. The second-order valence-corrected chi connectivity index (χ2v) is 5.44.